The molecular weight excluding hydrogens is 988 g/mol. The van der Waals surface area contributed by atoms with E-state index >= 15 is 0 Å². The average molecular weight is 1040 g/mol. The number of aromatic nitrogens is 1. The Balaban J connectivity index is 0.000000353. The number of ether oxygens (including phenoxy) is 1. The zero-order valence-electron chi connectivity index (χ0n) is 38.5. The monoisotopic (exact) mass is 1040 g/mol. The summed E-state index contributed by atoms with van der Waals surface area (Å²) in [6, 6.07) is 35.7. The van der Waals surface area contributed by atoms with Gasteiger partial charge in [0.15, 0.2) is 6.04 Å². The van der Waals surface area contributed by atoms with Crippen LogP contribution >= 0.6 is 38.6 Å². The van der Waals surface area contributed by atoms with E-state index in [1.807, 2.05) is 78.9 Å². The quantitative estimate of drug-likeness (QED) is 0.0785. The van der Waals surface area contributed by atoms with Gasteiger partial charge < -0.3 is 20.0 Å². The molecular formula is C53H55ClF3N4NiO5S2-. The number of benzene rings is 5. The molecule has 2 heterocycles. The second-order valence-corrected chi connectivity index (χ2v) is 17.6. The van der Waals surface area contributed by atoms with Crippen LogP contribution in [0.15, 0.2) is 139 Å². The van der Waals surface area contributed by atoms with Crippen LogP contribution in [0.4, 0.5) is 23.7 Å². The van der Waals surface area contributed by atoms with Crippen LogP contribution in [-0.4, -0.2) is 62.5 Å². The maximum atomic E-state index is 13.7. The number of para-hydroxylation sites is 1. The first-order valence-corrected chi connectivity index (χ1v) is 22.3. The predicted octanol–water partition coefficient (Wildman–Crippen LogP) is 12.9. The first-order chi connectivity index (χ1) is 31.5. The molecule has 1 aliphatic carbocycles. The number of halogens is 4. The Bertz CT molecular complexity index is 2800. The minimum atomic E-state index is -4.53. The Kier molecular flexibility index (Phi) is 20.0. The zero-order chi connectivity index (χ0) is 47.2. The summed E-state index contributed by atoms with van der Waals surface area (Å²) >= 11 is 5.75. The summed E-state index contributed by atoms with van der Waals surface area (Å²) in [6.07, 6.45) is 0.910. The first-order valence-electron chi connectivity index (χ1n) is 21.8. The van der Waals surface area contributed by atoms with Gasteiger partial charge in [0.25, 0.3) is 0 Å². The van der Waals surface area contributed by atoms with E-state index in [1.165, 1.54) is 29.5 Å². The minimum Gasteiger partial charge on any atom is -0.625 e. The average Bonchev–Trinajstić information content (AvgIpc) is 4.03. The molecule has 1 fully saturated rings. The summed E-state index contributed by atoms with van der Waals surface area (Å²) in [5.41, 5.74) is 6.88. The number of rotatable bonds is 11. The molecule has 0 unspecified atom stereocenters. The van der Waals surface area contributed by atoms with Crippen molar-refractivity contribution in [2.45, 2.75) is 89.7 Å². The normalized spacial score (nSPS) is 15.0. The van der Waals surface area contributed by atoms with E-state index in [0.717, 1.165) is 58.7 Å². The predicted molar refractivity (Wildman–Crippen MR) is 274 cm³/mol. The molecule has 16 heteroatoms. The van der Waals surface area contributed by atoms with Crippen LogP contribution in [0.5, 0.6) is 0 Å². The third kappa shape index (κ3) is 13.7. The van der Waals surface area contributed by atoms with Gasteiger partial charge in [-0.3, -0.25) is 14.5 Å². The molecule has 1 aliphatic heterocycles. The number of carboxylic acids is 1. The summed E-state index contributed by atoms with van der Waals surface area (Å²) in [5, 5.41) is 15.0. The molecule has 69 heavy (non-hydrogen) atoms. The van der Waals surface area contributed by atoms with E-state index < -0.39 is 35.4 Å². The van der Waals surface area contributed by atoms with E-state index in [4.69, 9.17) is 21.3 Å². The summed E-state index contributed by atoms with van der Waals surface area (Å²) < 4.78 is 45.7. The molecule has 0 saturated carbocycles. The van der Waals surface area contributed by atoms with Crippen molar-refractivity contribution in [3.05, 3.63) is 183 Å². The van der Waals surface area contributed by atoms with Gasteiger partial charge in [-0.15, -0.1) is 17.3 Å². The van der Waals surface area contributed by atoms with Crippen LogP contribution in [0.3, 0.4) is 0 Å². The van der Waals surface area contributed by atoms with Crippen molar-refractivity contribution >= 4 is 84.4 Å². The van der Waals surface area contributed by atoms with Gasteiger partial charge in [-0.1, -0.05) is 115 Å². The number of carbonyl (C=O) groups is 3. The van der Waals surface area contributed by atoms with Crippen LogP contribution in [0.1, 0.15) is 84.5 Å². The molecule has 368 valence electrons. The number of fused-ring (bicyclic) bond motifs is 2. The Hall–Kier alpha value is -5.31. The molecule has 0 bridgehead atoms. The van der Waals surface area contributed by atoms with Crippen LogP contribution in [-0.2, 0) is 55.8 Å². The van der Waals surface area contributed by atoms with Crippen LogP contribution in [0, 0.1) is 6.92 Å². The molecule has 2 atom stereocenters. The van der Waals surface area contributed by atoms with E-state index in [9.17, 15) is 32.7 Å². The third-order valence-corrected chi connectivity index (χ3v) is 11.8. The fourth-order valence-electron chi connectivity index (χ4n) is 8.57. The number of hydrogen-bond acceptors (Lipinski definition) is 6. The van der Waals surface area contributed by atoms with Crippen molar-refractivity contribution in [3.8, 4) is 0 Å². The van der Waals surface area contributed by atoms with E-state index in [-0.39, 0.29) is 84.2 Å². The molecule has 1 N–H and O–H groups in total. The van der Waals surface area contributed by atoms with Crippen molar-refractivity contribution in [2.24, 2.45) is 4.99 Å². The molecule has 0 spiro atoms. The van der Waals surface area contributed by atoms with Crippen molar-refractivity contribution < 1.29 is 53.9 Å². The van der Waals surface area contributed by atoms with Gasteiger partial charge >= 0.3 is 18.2 Å². The van der Waals surface area contributed by atoms with Gasteiger partial charge in [-0.2, -0.15) is 40.2 Å². The van der Waals surface area contributed by atoms with Crippen molar-refractivity contribution in [1.29, 1.82) is 0 Å². The van der Waals surface area contributed by atoms with Gasteiger partial charge in [0.1, 0.15) is 5.60 Å². The number of aliphatic carboxylic acids is 1. The number of carboxylic acid groups (broad SMARTS) is 1. The molecule has 1 aromatic heterocycles. The van der Waals surface area contributed by atoms with Gasteiger partial charge in [0.05, 0.1) is 28.7 Å². The number of aliphatic imine (C=N–C) groups is 1. The standard InChI is InChI=1S/C38H37N3O3.C15H15ClF3NO2.Ni.2H2S/c1-26-12-10-17-28-21-22-30(35(26)28)24-33(38(43)44)39-36(29-15-6-3-7-16-29)31-18-8-9-19-32(31)40-37(42)34-20-11-23-41(34)25-27-13-4-2-5-14-27;1-14(2,3)22-13(21)20-8-9(7-16)12-10(15(17,18)19)5-4-6-11(12)20;;;/h2-10,12-19,22,33-34H,11,20-21,23-25H2,1H3,(H2,39,40,42,43,44);4-6,8H,7H2,1-3H3;;2*1H2/p-1/t33-,34-;;;;/m0..../s1. The van der Waals surface area contributed by atoms with Crippen molar-refractivity contribution in [2.75, 3.05) is 6.54 Å². The second kappa shape index (κ2) is 24.5. The Labute approximate surface area is 430 Å². The second-order valence-electron chi connectivity index (χ2n) is 17.4. The fourth-order valence-corrected chi connectivity index (χ4v) is 8.77. The maximum Gasteiger partial charge on any atom is 0.419 e. The molecule has 6 aromatic rings. The number of hydrogen-bond donors (Lipinski definition) is 1. The number of likely N-dealkylation sites (tertiary alicyclic amines) is 1. The van der Waals surface area contributed by atoms with Crippen LogP contribution in [0.2, 0.25) is 0 Å². The van der Waals surface area contributed by atoms with E-state index in [1.54, 1.807) is 20.8 Å². The van der Waals surface area contributed by atoms with Gasteiger partial charge in [-0.05, 0) is 105 Å². The molecule has 9 nitrogen and oxygen atoms in total. The smallest absolute Gasteiger partial charge is 0.419 e. The SMILES string of the molecule is CC(C)(C)OC(=O)n1cc(CCl)c2c(C(F)(F)F)cccc21.Cc1cccc2c1C(C[C@H](N=C(c1ccccc1)c1ccccc1[N-]C(=O)[C@@H]1CCCN1Cc1ccccc1)C(=O)O)=CC2.S.S.[Ni]. The molecule has 1 saturated heterocycles. The molecule has 5 aromatic carbocycles. The largest absolute Gasteiger partial charge is 0.625 e. The molecule has 2 aliphatic rings. The van der Waals surface area contributed by atoms with Crippen molar-refractivity contribution in [3.63, 3.8) is 0 Å². The number of amides is 1. The van der Waals surface area contributed by atoms with Gasteiger partial charge in [0.2, 0.25) is 0 Å². The van der Waals surface area contributed by atoms with Crippen LogP contribution < -0.4 is 0 Å². The number of carbonyl (C=O) groups excluding carboxylic acids is 2. The van der Waals surface area contributed by atoms with E-state index in [0.29, 0.717) is 23.5 Å². The van der Waals surface area contributed by atoms with Gasteiger partial charge in [0, 0.05) is 52.5 Å². The Morgan fingerprint density at radius 1 is 0.884 bits per heavy atom. The molecule has 1 amide bonds. The summed E-state index contributed by atoms with van der Waals surface area (Å²) in [5.74, 6) is -1.31. The zero-order valence-corrected chi connectivity index (χ0v) is 42.2. The molecule has 0 radical (unpaired) electrons. The summed E-state index contributed by atoms with van der Waals surface area (Å²) in [7, 11) is 0. The van der Waals surface area contributed by atoms with Crippen molar-refractivity contribution in [1.82, 2.24) is 9.47 Å². The summed E-state index contributed by atoms with van der Waals surface area (Å²) in [4.78, 5) is 45.7. The summed E-state index contributed by atoms with van der Waals surface area (Å²) in [6.45, 7) is 8.65. The number of alkyl halides is 4. The fraction of sp³-hybridized carbons (Fsp3) is 0.283. The minimum absolute atomic E-state index is 0. The number of aryl methyl sites for hydroxylation is 1. The Morgan fingerprint density at radius 2 is 1.54 bits per heavy atom. The topological polar surface area (TPSA) is 115 Å². The molecule has 8 rings (SSSR count). The first kappa shape index (κ1) is 56.3. The Morgan fingerprint density at radius 3 is 2.19 bits per heavy atom. The number of allylic oxidation sites excluding steroid dienone is 1. The number of nitrogens with zero attached hydrogens (tertiary/aromatic N) is 4. The van der Waals surface area contributed by atoms with E-state index in [2.05, 4.69) is 47.5 Å². The maximum absolute atomic E-state index is 13.7. The van der Waals surface area contributed by atoms with Crippen LogP contribution in [0.25, 0.3) is 21.8 Å². The van der Waals surface area contributed by atoms with Gasteiger partial charge in [-0.25, -0.2) is 9.59 Å². The third-order valence-electron chi connectivity index (χ3n) is 11.5.